The van der Waals surface area contributed by atoms with Gasteiger partial charge in [0.1, 0.15) is 5.69 Å². The van der Waals surface area contributed by atoms with E-state index < -0.39 is 5.91 Å². The summed E-state index contributed by atoms with van der Waals surface area (Å²) in [5, 5.41) is 3.07. The predicted molar refractivity (Wildman–Crippen MR) is 78.4 cm³/mol. The number of pyridine rings is 1. The van der Waals surface area contributed by atoms with Gasteiger partial charge in [0.25, 0.3) is 5.91 Å². The molecular weight excluding hydrogens is 276 g/mol. The Kier molecular flexibility index (Phi) is 4.15. The number of nitrogens with one attached hydrogen (secondary N) is 1. The van der Waals surface area contributed by atoms with Crippen LogP contribution in [0.3, 0.4) is 0 Å². The van der Waals surface area contributed by atoms with Gasteiger partial charge in [0, 0.05) is 12.6 Å². The summed E-state index contributed by atoms with van der Waals surface area (Å²) in [6.45, 7) is 3.06. The predicted octanol–water partition coefficient (Wildman–Crippen LogP) is 3.50. The third kappa shape index (κ3) is 3.03. The lowest BCUT2D eigenvalue weighted by atomic mass is 10.1. The number of carbonyl (C=O) groups excluding carboxylic acids is 2. The normalized spacial score (nSPS) is 10.2. The van der Waals surface area contributed by atoms with Crippen molar-refractivity contribution in [3.63, 3.8) is 0 Å². The first kappa shape index (κ1) is 14.2. The maximum atomic E-state index is 12.2. The molecule has 0 aliphatic carbocycles. The number of benzene rings is 1. The summed E-state index contributed by atoms with van der Waals surface area (Å²) in [7, 11) is 0. The molecule has 1 heterocycles. The number of para-hydroxylation sites is 1. The van der Waals surface area contributed by atoms with Crippen LogP contribution in [0.1, 0.15) is 33.5 Å². The highest BCUT2D eigenvalue weighted by Gasteiger charge is 2.18. The topological polar surface area (TPSA) is 59.1 Å². The second-order valence-corrected chi connectivity index (χ2v) is 4.74. The molecule has 0 aliphatic rings. The van der Waals surface area contributed by atoms with Gasteiger partial charge in [-0.3, -0.25) is 9.59 Å². The summed E-state index contributed by atoms with van der Waals surface area (Å²) >= 11 is 5.98. The summed E-state index contributed by atoms with van der Waals surface area (Å²) in [6.07, 6.45) is 0. The van der Waals surface area contributed by atoms with Crippen LogP contribution in [-0.4, -0.2) is 16.7 Å². The van der Waals surface area contributed by atoms with Crippen LogP contribution in [0.5, 0.6) is 0 Å². The Balaban J connectivity index is 2.39. The number of Topliss-reactive ketones (excluding diaryl/α,β-unsaturated/α-hetero) is 1. The molecule has 0 atom stereocenters. The largest absolute Gasteiger partial charge is 0.322 e. The smallest absolute Gasteiger partial charge is 0.258 e. The minimum Gasteiger partial charge on any atom is -0.322 e. The molecule has 1 aromatic carbocycles. The van der Waals surface area contributed by atoms with E-state index in [9.17, 15) is 9.59 Å². The highest BCUT2D eigenvalue weighted by Crippen LogP contribution is 2.19. The zero-order valence-corrected chi connectivity index (χ0v) is 11.9. The molecule has 0 bridgehead atoms. The maximum Gasteiger partial charge on any atom is 0.258 e. The van der Waals surface area contributed by atoms with Crippen LogP contribution in [0, 0.1) is 6.92 Å². The molecule has 20 heavy (non-hydrogen) atoms. The van der Waals surface area contributed by atoms with Crippen LogP contribution in [-0.2, 0) is 0 Å². The van der Waals surface area contributed by atoms with Gasteiger partial charge in [-0.1, -0.05) is 29.8 Å². The number of rotatable bonds is 3. The van der Waals surface area contributed by atoms with Crippen molar-refractivity contribution in [3.8, 4) is 0 Å². The fourth-order valence-electron chi connectivity index (χ4n) is 1.74. The number of carbonyl (C=O) groups is 2. The molecule has 4 nitrogen and oxygen atoms in total. The Bertz CT molecular complexity index is 669. The van der Waals surface area contributed by atoms with Gasteiger partial charge in [0.2, 0.25) is 0 Å². The fourth-order valence-corrected chi connectivity index (χ4v) is 1.89. The molecule has 0 radical (unpaired) electrons. The molecule has 0 saturated heterocycles. The lowest BCUT2D eigenvalue weighted by molar-refractivity contribution is 0.0981. The third-order valence-corrected chi connectivity index (χ3v) is 3.14. The average molecular weight is 289 g/mol. The van der Waals surface area contributed by atoms with Gasteiger partial charge >= 0.3 is 0 Å². The van der Waals surface area contributed by atoms with E-state index in [4.69, 9.17) is 11.6 Å². The van der Waals surface area contributed by atoms with Crippen molar-refractivity contribution in [3.05, 3.63) is 58.4 Å². The van der Waals surface area contributed by atoms with Gasteiger partial charge < -0.3 is 5.32 Å². The summed E-state index contributed by atoms with van der Waals surface area (Å²) in [6, 6.07) is 10.5. The number of aryl methyl sites for hydroxylation is 1. The van der Waals surface area contributed by atoms with Gasteiger partial charge in [0.15, 0.2) is 5.78 Å². The molecule has 0 saturated carbocycles. The Labute approximate surface area is 121 Å². The maximum absolute atomic E-state index is 12.2. The van der Waals surface area contributed by atoms with Crippen LogP contribution in [0.25, 0.3) is 0 Å². The summed E-state index contributed by atoms with van der Waals surface area (Å²) in [4.78, 5) is 27.9. The number of hydrogen-bond donors (Lipinski definition) is 1. The Morgan fingerprint density at radius 2 is 1.85 bits per heavy atom. The van der Waals surface area contributed by atoms with Crippen LogP contribution in [0.4, 0.5) is 5.69 Å². The minimum absolute atomic E-state index is 0.125. The Morgan fingerprint density at radius 3 is 2.45 bits per heavy atom. The molecule has 0 fully saturated rings. The van der Waals surface area contributed by atoms with Gasteiger partial charge in [-0.2, -0.15) is 0 Å². The zero-order chi connectivity index (χ0) is 14.7. The molecule has 0 aliphatic heterocycles. The molecular formula is C15H13ClN2O2. The van der Waals surface area contributed by atoms with Crippen LogP contribution < -0.4 is 5.32 Å². The number of hydrogen-bond acceptors (Lipinski definition) is 3. The van der Waals surface area contributed by atoms with Crippen LogP contribution in [0.2, 0.25) is 5.02 Å². The molecule has 5 heteroatoms. The van der Waals surface area contributed by atoms with Crippen molar-refractivity contribution < 1.29 is 9.59 Å². The van der Waals surface area contributed by atoms with Crippen molar-refractivity contribution >= 4 is 29.0 Å². The molecule has 1 aromatic heterocycles. The second-order valence-electron chi connectivity index (χ2n) is 4.33. The zero-order valence-electron chi connectivity index (χ0n) is 11.1. The highest BCUT2D eigenvalue weighted by atomic mass is 35.5. The summed E-state index contributed by atoms with van der Waals surface area (Å²) < 4.78 is 0. The Hall–Kier alpha value is -2.20. The average Bonchev–Trinajstić information content (AvgIpc) is 2.42. The number of amides is 1. The summed E-state index contributed by atoms with van der Waals surface area (Å²) in [5.41, 5.74) is 1.47. The number of ketones is 1. The van der Waals surface area contributed by atoms with Crippen molar-refractivity contribution in [2.75, 3.05) is 5.32 Å². The highest BCUT2D eigenvalue weighted by molar-refractivity contribution is 6.31. The molecule has 102 valence electrons. The van der Waals surface area contributed by atoms with E-state index in [1.54, 1.807) is 19.1 Å². The first-order valence-electron chi connectivity index (χ1n) is 6.03. The molecule has 0 spiro atoms. The van der Waals surface area contributed by atoms with Crippen LogP contribution >= 0.6 is 11.6 Å². The number of nitrogens with zero attached hydrogens (tertiary/aromatic N) is 1. The van der Waals surface area contributed by atoms with E-state index in [1.807, 2.05) is 18.2 Å². The van der Waals surface area contributed by atoms with Gasteiger partial charge in [0.05, 0.1) is 16.3 Å². The van der Waals surface area contributed by atoms with Gasteiger partial charge in [-0.25, -0.2) is 4.98 Å². The third-order valence-electron chi connectivity index (χ3n) is 2.76. The minimum atomic E-state index is -0.407. The lowest BCUT2D eigenvalue weighted by Gasteiger charge is -2.09. The van der Waals surface area contributed by atoms with E-state index in [0.717, 1.165) is 0 Å². The SMILES string of the molecule is CC(=O)c1nc(C)c(Cl)cc1C(=O)Nc1ccccc1. The van der Waals surface area contributed by atoms with Crippen molar-refractivity contribution in [1.82, 2.24) is 4.98 Å². The Morgan fingerprint density at radius 1 is 1.20 bits per heavy atom. The molecule has 0 unspecified atom stereocenters. The fraction of sp³-hybridized carbons (Fsp3) is 0.133. The standard InChI is InChI=1S/C15H13ClN2O2/c1-9-13(16)8-12(14(17-9)10(2)19)15(20)18-11-6-4-3-5-7-11/h3-8H,1-2H3,(H,18,20). The van der Waals surface area contributed by atoms with E-state index in [2.05, 4.69) is 10.3 Å². The van der Waals surface area contributed by atoms with Gasteiger partial charge in [-0.15, -0.1) is 0 Å². The molecule has 2 rings (SSSR count). The molecule has 2 aromatic rings. The van der Waals surface area contributed by atoms with Crippen LogP contribution in [0.15, 0.2) is 36.4 Å². The van der Waals surface area contributed by atoms with E-state index in [-0.39, 0.29) is 17.0 Å². The van der Waals surface area contributed by atoms with Crippen molar-refractivity contribution in [2.45, 2.75) is 13.8 Å². The van der Waals surface area contributed by atoms with E-state index in [1.165, 1.54) is 13.0 Å². The van der Waals surface area contributed by atoms with Crippen molar-refractivity contribution in [2.24, 2.45) is 0 Å². The number of anilines is 1. The quantitative estimate of drug-likeness (QED) is 0.879. The van der Waals surface area contributed by atoms with Gasteiger partial charge in [-0.05, 0) is 25.1 Å². The molecule has 1 N–H and O–H groups in total. The van der Waals surface area contributed by atoms with Crippen molar-refractivity contribution in [1.29, 1.82) is 0 Å². The lowest BCUT2D eigenvalue weighted by Crippen LogP contribution is -2.17. The van der Waals surface area contributed by atoms with E-state index in [0.29, 0.717) is 16.4 Å². The first-order chi connectivity index (χ1) is 9.49. The monoisotopic (exact) mass is 288 g/mol. The summed E-state index contributed by atoms with van der Waals surface area (Å²) in [5.74, 6) is -0.682. The number of halogens is 1. The molecule has 1 amide bonds. The van der Waals surface area contributed by atoms with E-state index >= 15 is 0 Å². The number of aromatic nitrogens is 1. The second kappa shape index (κ2) is 5.84. The first-order valence-corrected chi connectivity index (χ1v) is 6.41.